The first-order chi connectivity index (χ1) is 19.3. The molecule has 2 aromatic heterocycles. The van der Waals surface area contributed by atoms with Crippen LogP contribution in [0.15, 0.2) is 53.6 Å². The van der Waals surface area contributed by atoms with Crippen LogP contribution in [0.2, 0.25) is 5.02 Å². The van der Waals surface area contributed by atoms with Crippen LogP contribution in [-0.2, 0) is 18.9 Å². The molecule has 0 amide bonds. The lowest BCUT2D eigenvalue weighted by Gasteiger charge is -2.29. The lowest BCUT2D eigenvalue weighted by Crippen LogP contribution is -2.42. The Hall–Kier alpha value is -2.64. The molecule has 0 radical (unpaired) electrons. The number of nitrogens with one attached hydrogen (secondary N) is 1. The second kappa shape index (κ2) is 12.7. The van der Waals surface area contributed by atoms with Crippen molar-refractivity contribution in [3.63, 3.8) is 0 Å². The van der Waals surface area contributed by atoms with Gasteiger partial charge in [0.15, 0.2) is 16.1 Å². The minimum Gasteiger partial charge on any atom is -0.491 e. The molecule has 0 spiro atoms. The number of sulfone groups is 1. The standard InChI is InChI=1S/C26H29ClF2N3O7PS/c1-3-32(26(24(28)29)39-40(33,34)35)11-6-12-38-21-10-9-19(16-7-5-8-18(13-16)41(36,37)4-2)22-20-14-17(27)15-30-25(20)31-23(21)22/h5,7-10,13-15,24,26H,3-4,6,11-12H2,1-2H3,(H,30,31)(H2,33,34,35). The minimum atomic E-state index is -5.13. The smallest absolute Gasteiger partial charge is 0.471 e. The number of pyridine rings is 1. The van der Waals surface area contributed by atoms with Gasteiger partial charge in [-0.05, 0) is 54.4 Å². The number of fused-ring (bicyclic) bond motifs is 3. The Morgan fingerprint density at radius 2 is 1.93 bits per heavy atom. The van der Waals surface area contributed by atoms with E-state index in [-0.39, 0.29) is 36.8 Å². The lowest BCUT2D eigenvalue weighted by atomic mass is 9.99. The van der Waals surface area contributed by atoms with Gasteiger partial charge in [-0.25, -0.2) is 26.7 Å². The van der Waals surface area contributed by atoms with E-state index in [9.17, 15) is 21.8 Å². The molecule has 4 aromatic rings. The first-order valence-electron chi connectivity index (χ1n) is 12.7. The van der Waals surface area contributed by atoms with Crippen molar-refractivity contribution in [2.24, 2.45) is 0 Å². The van der Waals surface area contributed by atoms with Gasteiger partial charge in [0, 0.05) is 23.5 Å². The number of ether oxygens (including phenoxy) is 1. The molecule has 2 heterocycles. The first-order valence-corrected chi connectivity index (χ1v) is 16.2. The number of alkyl halides is 2. The maximum absolute atomic E-state index is 13.4. The van der Waals surface area contributed by atoms with Crippen molar-refractivity contribution in [2.45, 2.75) is 37.8 Å². The highest BCUT2D eigenvalue weighted by Gasteiger charge is 2.34. The molecule has 3 N–H and O–H groups in total. The van der Waals surface area contributed by atoms with E-state index >= 15 is 0 Å². The third kappa shape index (κ3) is 7.23. The van der Waals surface area contributed by atoms with Crippen molar-refractivity contribution in [1.29, 1.82) is 0 Å². The van der Waals surface area contributed by atoms with E-state index in [1.807, 2.05) is 0 Å². The van der Waals surface area contributed by atoms with Crippen LogP contribution in [0.3, 0.4) is 0 Å². The zero-order chi connectivity index (χ0) is 29.9. The molecule has 1 atom stereocenters. The summed E-state index contributed by atoms with van der Waals surface area (Å²) in [4.78, 5) is 26.9. The Labute approximate surface area is 240 Å². The number of H-pyrrole nitrogens is 1. The van der Waals surface area contributed by atoms with Gasteiger partial charge in [-0.3, -0.25) is 9.42 Å². The number of benzene rings is 2. The monoisotopic (exact) mass is 631 g/mol. The summed E-state index contributed by atoms with van der Waals surface area (Å²) in [6.45, 7) is 3.33. The predicted octanol–water partition coefficient (Wildman–Crippen LogP) is 5.62. The Morgan fingerprint density at radius 1 is 1.17 bits per heavy atom. The fraction of sp³-hybridized carbons (Fsp3) is 0.346. The molecule has 0 aliphatic rings. The van der Waals surface area contributed by atoms with E-state index in [0.717, 1.165) is 10.5 Å². The predicted molar refractivity (Wildman–Crippen MR) is 152 cm³/mol. The van der Waals surface area contributed by atoms with Gasteiger partial charge < -0.3 is 19.5 Å². The average Bonchev–Trinajstić information content (AvgIpc) is 3.30. The van der Waals surface area contributed by atoms with Crippen LogP contribution < -0.4 is 4.74 Å². The fourth-order valence-electron chi connectivity index (χ4n) is 4.55. The van der Waals surface area contributed by atoms with Crippen LogP contribution in [0.1, 0.15) is 20.3 Å². The summed E-state index contributed by atoms with van der Waals surface area (Å²) in [5, 5.41) is 1.81. The Bertz CT molecular complexity index is 1700. The van der Waals surface area contributed by atoms with Crippen LogP contribution in [-0.4, -0.2) is 71.2 Å². The number of hydrogen-bond acceptors (Lipinski definition) is 7. The van der Waals surface area contributed by atoms with Crippen molar-refractivity contribution < 1.29 is 40.8 Å². The maximum atomic E-state index is 13.4. The van der Waals surface area contributed by atoms with E-state index in [1.54, 1.807) is 56.3 Å². The second-order valence-corrected chi connectivity index (χ2v) is 13.0. The summed E-state index contributed by atoms with van der Waals surface area (Å²) < 4.78 is 73.4. The number of halogens is 3. The van der Waals surface area contributed by atoms with Gasteiger partial charge in [0.05, 0.1) is 27.8 Å². The fourth-order valence-corrected chi connectivity index (χ4v) is 6.14. The Balaban J connectivity index is 1.65. The molecule has 1 unspecified atom stereocenters. The number of phosphoric ester groups is 1. The van der Waals surface area contributed by atoms with Gasteiger partial charge in [0.1, 0.15) is 11.4 Å². The first kappa shape index (κ1) is 31.3. The SMILES string of the molecule is CCN(CCCOc1ccc(-c2cccc(S(=O)(=O)CC)c2)c2c1[nH]c1ncc(Cl)cc12)C(OP(=O)(O)O)C(F)F. The third-order valence-electron chi connectivity index (χ3n) is 6.49. The lowest BCUT2D eigenvalue weighted by molar-refractivity contribution is -0.0941. The summed E-state index contributed by atoms with van der Waals surface area (Å²) in [7, 11) is -8.57. The van der Waals surface area contributed by atoms with Crippen molar-refractivity contribution >= 4 is 51.2 Å². The van der Waals surface area contributed by atoms with Gasteiger partial charge in [0.2, 0.25) is 0 Å². The van der Waals surface area contributed by atoms with Crippen molar-refractivity contribution in [2.75, 3.05) is 25.4 Å². The molecule has 4 rings (SSSR count). The molecule has 10 nitrogen and oxygen atoms in total. The topological polar surface area (TPSA) is 142 Å². The van der Waals surface area contributed by atoms with E-state index in [0.29, 0.717) is 38.3 Å². The van der Waals surface area contributed by atoms with Crippen LogP contribution in [0.5, 0.6) is 5.75 Å². The van der Waals surface area contributed by atoms with Crippen LogP contribution in [0.4, 0.5) is 8.78 Å². The summed E-state index contributed by atoms with van der Waals surface area (Å²) in [6, 6.07) is 11.9. The van der Waals surface area contributed by atoms with E-state index in [4.69, 9.17) is 26.1 Å². The normalized spacial score (nSPS) is 13.5. The highest BCUT2D eigenvalue weighted by atomic mass is 35.5. The van der Waals surface area contributed by atoms with Gasteiger partial charge in [-0.15, -0.1) is 0 Å². The molecule has 0 saturated heterocycles. The highest BCUT2D eigenvalue weighted by Crippen LogP contribution is 2.41. The average molecular weight is 632 g/mol. The molecule has 2 aromatic carbocycles. The largest absolute Gasteiger partial charge is 0.491 e. The zero-order valence-corrected chi connectivity index (χ0v) is 24.6. The quantitative estimate of drug-likeness (QED) is 0.0973. The number of rotatable bonds is 13. The number of aromatic amines is 1. The van der Waals surface area contributed by atoms with Crippen molar-refractivity contribution in [3.05, 3.63) is 53.7 Å². The Morgan fingerprint density at radius 3 is 2.59 bits per heavy atom. The number of aromatic nitrogens is 2. The highest BCUT2D eigenvalue weighted by molar-refractivity contribution is 7.91. The molecular formula is C26H29ClF2N3O7PS. The van der Waals surface area contributed by atoms with Gasteiger partial charge in [-0.2, -0.15) is 0 Å². The number of phosphoric acid groups is 1. The summed E-state index contributed by atoms with van der Waals surface area (Å²) in [6.07, 6.45) is -3.46. The molecule has 15 heteroatoms. The van der Waals surface area contributed by atoms with Gasteiger partial charge in [-0.1, -0.05) is 37.6 Å². The molecule has 222 valence electrons. The number of hydrogen-bond donors (Lipinski definition) is 3. The van der Waals surface area contributed by atoms with E-state index in [2.05, 4.69) is 14.5 Å². The molecule has 0 aliphatic carbocycles. The van der Waals surface area contributed by atoms with Crippen LogP contribution in [0.25, 0.3) is 33.1 Å². The summed E-state index contributed by atoms with van der Waals surface area (Å²) in [5.74, 6) is 0.402. The third-order valence-corrected chi connectivity index (χ3v) is 8.92. The molecule has 0 aliphatic heterocycles. The molecule has 0 bridgehead atoms. The minimum absolute atomic E-state index is 0.0231. The Kier molecular flexibility index (Phi) is 9.70. The van der Waals surface area contributed by atoms with Crippen molar-refractivity contribution in [1.82, 2.24) is 14.9 Å². The van der Waals surface area contributed by atoms with Crippen molar-refractivity contribution in [3.8, 4) is 16.9 Å². The van der Waals surface area contributed by atoms with Crippen LogP contribution in [0, 0.1) is 0 Å². The second-order valence-electron chi connectivity index (χ2n) is 9.12. The van der Waals surface area contributed by atoms with Crippen LogP contribution >= 0.6 is 19.4 Å². The maximum Gasteiger partial charge on any atom is 0.471 e. The van der Waals surface area contributed by atoms with Gasteiger partial charge in [0.25, 0.3) is 6.43 Å². The number of nitrogens with zero attached hydrogens (tertiary/aromatic N) is 2. The van der Waals surface area contributed by atoms with Gasteiger partial charge >= 0.3 is 7.82 Å². The molecule has 0 saturated carbocycles. The van der Waals surface area contributed by atoms with E-state index in [1.165, 1.54) is 6.20 Å². The molecule has 41 heavy (non-hydrogen) atoms. The molecular weight excluding hydrogens is 603 g/mol. The van der Waals surface area contributed by atoms with E-state index < -0.39 is 30.3 Å². The summed E-state index contributed by atoms with van der Waals surface area (Å²) >= 11 is 6.25. The molecule has 0 fully saturated rings. The zero-order valence-electron chi connectivity index (χ0n) is 22.1. The summed E-state index contributed by atoms with van der Waals surface area (Å²) in [5.41, 5.74) is 2.50.